The average molecular weight is 353 g/mol. The van der Waals surface area contributed by atoms with E-state index in [0.717, 1.165) is 63.8 Å². The van der Waals surface area contributed by atoms with Gasteiger partial charge < -0.3 is 15.0 Å². The van der Waals surface area contributed by atoms with Gasteiger partial charge in [-0.1, -0.05) is 0 Å². The van der Waals surface area contributed by atoms with E-state index < -0.39 is 0 Å². The molecule has 2 aliphatic heterocycles. The quantitative estimate of drug-likeness (QED) is 0.720. The van der Waals surface area contributed by atoms with Crippen LogP contribution in [-0.2, 0) is 11.3 Å². The van der Waals surface area contributed by atoms with Crippen LogP contribution in [-0.4, -0.2) is 73.2 Å². The van der Waals surface area contributed by atoms with Crippen molar-refractivity contribution in [2.24, 2.45) is 0 Å². The molecule has 7 heteroatoms. The molecule has 3 rings (SSSR count). The Morgan fingerprint density at radius 1 is 1.17 bits per heavy atom. The number of hydrogen-bond donors (Lipinski definition) is 1. The predicted molar refractivity (Wildman–Crippen MR) is 95.5 cm³/mol. The minimum atomic E-state index is -0.0411. The molecule has 1 N–H and O–H groups in total. The van der Waals surface area contributed by atoms with Gasteiger partial charge in [0, 0.05) is 25.0 Å². The summed E-state index contributed by atoms with van der Waals surface area (Å²) in [5, 5.41) is 5.88. The molecule has 1 aromatic rings. The zero-order valence-electron chi connectivity index (χ0n) is 14.3. The summed E-state index contributed by atoms with van der Waals surface area (Å²) in [6.45, 7) is 8.67. The summed E-state index contributed by atoms with van der Waals surface area (Å²) in [7, 11) is 0. The molecule has 2 aliphatic rings. The van der Waals surface area contributed by atoms with Gasteiger partial charge >= 0.3 is 0 Å². The molecule has 0 spiro atoms. The van der Waals surface area contributed by atoms with Crippen LogP contribution >= 0.6 is 11.3 Å². The van der Waals surface area contributed by atoms with Crippen molar-refractivity contribution in [2.45, 2.75) is 32.2 Å². The molecule has 1 amide bonds. The number of nitrogens with zero attached hydrogens (tertiary/aromatic N) is 3. The Morgan fingerprint density at radius 2 is 1.96 bits per heavy atom. The molecule has 0 aromatic carbocycles. The molecule has 0 radical (unpaired) electrons. The topological polar surface area (TPSA) is 57.7 Å². The van der Waals surface area contributed by atoms with E-state index in [4.69, 9.17) is 4.74 Å². The van der Waals surface area contributed by atoms with Crippen LogP contribution in [0.3, 0.4) is 0 Å². The molecule has 3 heterocycles. The Morgan fingerprint density at radius 3 is 2.75 bits per heavy atom. The van der Waals surface area contributed by atoms with E-state index >= 15 is 0 Å². The first-order valence-corrected chi connectivity index (χ1v) is 9.94. The van der Waals surface area contributed by atoms with Crippen molar-refractivity contribution in [3.63, 3.8) is 0 Å². The molecular formula is C17H28N4O2S. The number of rotatable bonds is 8. The van der Waals surface area contributed by atoms with E-state index in [1.807, 2.05) is 5.38 Å². The first-order valence-electron chi connectivity index (χ1n) is 9.06. The lowest BCUT2D eigenvalue weighted by molar-refractivity contribution is 0.0341. The van der Waals surface area contributed by atoms with Crippen LogP contribution in [0, 0.1) is 0 Å². The number of nitrogens with one attached hydrogen (secondary N) is 1. The molecule has 6 nitrogen and oxygen atoms in total. The van der Waals surface area contributed by atoms with Gasteiger partial charge in [-0.25, -0.2) is 4.98 Å². The number of carbonyl (C=O) groups is 1. The summed E-state index contributed by atoms with van der Waals surface area (Å²) in [5.41, 5.74) is 0.558. The third kappa shape index (κ3) is 5.51. The number of hydrogen-bond acceptors (Lipinski definition) is 6. The third-order valence-corrected chi connectivity index (χ3v) is 5.47. The van der Waals surface area contributed by atoms with Crippen LogP contribution < -0.4 is 5.32 Å². The van der Waals surface area contributed by atoms with Crippen molar-refractivity contribution < 1.29 is 9.53 Å². The maximum atomic E-state index is 12.2. The lowest BCUT2D eigenvalue weighted by Gasteiger charge is -2.25. The van der Waals surface area contributed by atoms with Gasteiger partial charge in [-0.05, 0) is 45.3 Å². The van der Waals surface area contributed by atoms with Crippen LogP contribution in [0.15, 0.2) is 5.38 Å². The number of unbranched alkanes of at least 4 members (excludes halogenated alkanes) is 1. The van der Waals surface area contributed by atoms with Crippen LogP contribution in [0.25, 0.3) is 0 Å². The summed E-state index contributed by atoms with van der Waals surface area (Å²) in [5.74, 6) is -0.0411. The van der Waals surface area contributed by atoms with Crippen LogP contribution in [0.2, 0.25) is 0 Å². The molecule has 0 atom stereocenters. The Balaban J connectivity index is 1.32. The number of ether oxygens (including phenoxy) is 1. The zero-order chi connectivity index (χ0) is 16.6. The molecular weight excluding hydrogens is 324 g/mol. The van der Waals surface area contributed by atoms with Gasteiger partial charge in [-0.2, -0.15) is 0 Å². The second-order valence-electron chi connectivity index (χ2n) is 6.53. The highest BCUT2D eigenvalue weighted by Crippen LogP contribution is 2.13. The van der Waals surface area contributed by atoms with E-state index in [9.17, 15) is 4.79 Å². The highest BCUT2D eigenvalue weighted by Gasteiger charge is 2.15. The highest BCUT2D eigenvalue weighted by molar-refractivity contribution is 7.09. The minimum Gasteiger partial charge on any atom is -0.379 e. The van der Waals surface area contributed by atoms with E-state index in [0.29, 0.717) is 5.69 Å². The van der Waals surface area contributed by atoms with Crippen molar-refractivity contribution in [2.75, 3.05) is 52.5 Å². The summed E-state index contributed by atoms with van der Waals surface area (Å²) >= 11 is 1.57. The maximum Gasteiger partial charge on any atom is 0.270 e. The smallest absolute Gasteiger partial charge is 0.270 e. The Hall–Kier alpha value is -1.02. The van der Waals surface area contributed by atoms with Crippen molar-refractivity contribution in [1.29, 1.82) is 0 Å². The second kappa shape index (κ2) is 9.46. The molecule has 0 unspecified atom stereocenters. The van der Waals surface area contributed by atoms with E-state index in [-0.39, 0.29) is 5.91 Å². The van der Waals surface area contributed by atoms with Gasteiger partial charge in [0.25, 0.3) is 5.91 Å². The number of amides is 1. The minimum absolute atomic E-state index is 0.0411. The van der Waals surface area contributed by atoms with Crippen molar-refractivity contribution >= 4 is 17.2 Å². The number of likely N-dealkylation sites (tertiary alicyclic amines) is 1. The monoisotopic (exact) mass is 352 g/mol. The Bertz CT molecular complexity index is 510. The highest BCUT2D eigenvalue weighted by atomic mass is 32.1. The molecule has 1 aromatic heterocycles. The van der Waals surface area contributed by atoms with Crippen molar-refractivity contribution in [1.82, 2.24) is 20.1 Å². The van der Waals surface area contributed by atoms with Crippen LogP contribution in [0.1, 0.15) is 41.2 Å². The van der Waals surface area contributed by atoms with Crippen molar-refractivity contribution in [3.8, 4) is 0 Å². The van der Waals surface area contributed by atoms with E-state index in [1.54, 1.807) is 11.3 Å². The van der Waals surface area contributed by atoms with Gasteiger partial charge in [0.15, 0.2) is 0 Å². The van der Waals surface area contributed by atoms with Crippen LogP contribution in [0.5, 0.6) is 0 Å². The molecule has 134 valence electrons. The molecule has 0 bridgehead atoms. The van der Waals surface area contributed by atoms with Gasteiger partial charge in [-0.15, -0.1) is 11.3 Å². The lowest BCUT2D eigenvalue weighted by Crippen LogP contribution is -2.35. The fraction of sp³-hybridized carbons (Fsp3) is 0.765. The van der Waals surface area contributed by atoms with Gasteiger partial charge in [0.2, 0.25) is 0 Å². The second-order valence-corrected chi connectivity index (χ2v) is 7.47. The first kappa shape index (κ1) is 17.8. The standard InChI is InChI=1S/C17H28N4O2S/c22-17(18-5-1-2-6-20-7-3-4-8-20)15-14-24-16(19-15)13-21-9-11-23-12-10-21/h14H,1-13H2,(H,18,22). The molecule has 24 heavy (non-hydrogen) atoms. The molecule has 2 saturated heterocycles. The maximum absolute atomic E-state index is 12.2. The van der Waals surface area contributed by atoms with E-state index in [2.05, 4.69) is 20.1 Å². The average Bonchev–Trinajstić information content (AvgIpc) is 3.27. The third-order valence-electron chi connectivity index (χ3n) is 4.63. The molecule has 2 fully saturated rings. The fourth-order valence-electron chi connectivity index (χ4n) is 3.20. The summed E-state index contributed by atoms with van der Waals surface area (Å²) in [6, 6.07) is 0. The number of carbonyl (C=O) groups excluding carboxylic acids is 1. The number of aromatic nitrogens is 1. The number of morpholine rings is 1. The summed E-state index contributed by atoms with van der Waals surface area (Å²) in [6.07, 6.45) is 4.87. The van der Waals surface area contributed by atoms with Crippen LogP contribution in [0.4, 0.5) is 0 Å². The Labute approximate surface area is 148 Å². The van der Waals surface area contributed by atoms with Gasteiger partial charge in [0.05, 0.1) is 19.8 Å². The zero-order valence-corrected chi connectivity index (χ0v) is 15.2. The first-order chi connectivity index (χ1) is 11.8. The largest absolute Gasteiger partial charge is 0.379 e. The summed E-state index contributed by atoms with van der Waals surface area (Å²) < 4.78 is 5.35. The molecule has 0 saturated carbocycles. The normalized spacial score (nSPS) is 19.7. The van der Waals surface area contributed by atoms with E-state index in [1.165, 1.54) is 25.9 Å². The predicted octanol–water partition coefficient (Wildman–Crippen LogP) is 1.58. The SMILES string of the molecule is O=C(NCCCCN1CCCC1)c1csc(CN2CCOCC2)n1. The van der Waals surface area contributed by atoms with Gasteiger partial charge in [-0.3, -0.25) is 9.69 Å². The lowest BCUT2D eigenvalue weighted by atomic mass is 10.3. The molecule has 0 aliphatic carbocycles. The summed E-state index contributed by atoms with van der Waals surface area (Å²) in [4.78, 5) is 21.5. The number of thiazole rings is 1. The van der Waals surface area contributed by atoms with Gasteiger partial charge in [0.1, 0.15) is 10.7 Å². The Kier molecular flexibility index (Phi) is 7.01. The fourth-order valence-corrected chi connectivity index (χ4v) is 4.01. The van der Waals surface area contributed by atoms with Crippen molar-refractivity contribution in [3.05, 3.63) is 16.1 Å².